The van der Waals surface area contributed by atoms with Crippen LogP contribution in [0.2, 0.25) is 0 Å². The molecule has 0 aliphatic carbocycles. The lowest BCUT2D eigenvalue weighted by molar-refractivity contribution is -0.137. The van der Waals surface area contributed by atoms with Crippen molar-refractivity contribution < 1.29 is 14.7 Å². The van der Waals surface area contributed by atoms with Crippen molar-refractivity contribution in [1.82, 2.24) is 15.5 Å². The molecule has 1 aliphatic rings. The van der Waals surface area contributed by atoms with Crippen LogP contribution < -0.4 is 10.6 Å². The lowest BCUT2D eigenvalue weighted by Crippen LogP contribution is -2.60. The zero-order valence-electron chi connectivity index (χ0n) is 12.7. The Morgan fingerprint density at radius 1 is 1.35 bits per heavy atom. The maximum Gasteiger partial charge on any atom is 0.303 e. The van der Waals surface area contributed by atoms with E-state index in [1.165, 1.54) is 0 Å². The molecule has 0 bridgehead atoms. The van der Waals surface area contributed by atoms with Crippen molar-refractivity contribution in [3.05, 3.63) is 0 Å². The molecule has 116 valence electrons. The Morgan fingerprint density at radius 3 is 2.50 bits per heavy atom. The van der Waals surface area contributed by atoms with Gasteiger partial charge < -0.3 is 15.7 Å². The summed E-state index contributed by atoms with van der Waals surface area (Å²) in [6.07, 6.45) is 1.43. The van der Waals surface area contributed by atoms with E-state index < -0.39 is 11.5 Å². The van der Waals surface area contributed by atoms with Crippen LogP contribution in [0.25, 0.3) is 0 Å². The summed E-state index contributed by atoms with van der Waals surface area (Å²) in [6, 6.07) is 0.00374. The van der Waals surface area contributed by atoms with Crippen LogP contribution in [0.5, 0.6) is 0 Å². The molecule has 0 aromatic heterocycles. The normalized spacial score (nSPS) is 18.6. The quantitative estimate of drug-likeness (QED) is 0.632. The molecule has 20 heavy (non-hydrogen) atoms. The topological polar surface area (TPSA) is 81.7 Å². The van der Waals surface area contributed by atoms with Gasteiger partial charge in [0.05, 0.1) is 5.54 Å². The first-order valence-corrected chi connectivity index (χ1v) is 7.32. The summed E-state index contributed by atoms with van der Waals surface area (Å²) in [6.45, 7) is 9.36. The molecule has 0 saturated carbocycles. The molecule has 1 heterocycles. The number of amides is 1. The second kappa shape index (κ2) is 7.59. The maximum absolute atomic E-state index is 12.4. The highest BCUT2D eigenvalue weighted by atomic mass is 16.4. The average Bonchev–Trinajstić information content (AvgIpc) is 2.39. The summed E-state index contributed by atoms with van der Waals surface area (Å²) in [5, 5.41) is 14.9. The Balaban J connectivity index is 2.41. The standard InChI is InChI=1S/C14H27N3O3/c1-11(5-4-6-12(18)19)16-13(20)14(2,3)17-9-7-15-8-10-17/h11,15H,4-10H2,1-3H3,(H,16,20)(H,18,19). The molecule has 6 heteroatoms. The van der Waals surface area contributed by atoms with E-state index in [2.05, 4.69) is 15.5 Å². The van der Waals surface area contributed by atoms with Gasteiger partial charge in [-0.1, -0.05) is 0 Å². The van der Waals surface area contributed by atoms with Gasteiger partial charge in [-0.3, -0.25) is 14.5 Å². The summed E-state index contributed by atoms with van der Waals surface area (Å²) < 4.78 is 0. The van der Waals surface area contributed by atoms with Crippen LogP contribution in [0.15, 0.2) is 0 Å². The fourth-order valence-electron chi connectivity index (χ4n) is 2.40. The van der Waals surface area contributed by atoms with E-state index in [1.54, 1.807) is 0 Å². The number of carbonyl (C=O) groups excluding carboxylic acids is 1. The molecule has 1 rings (SSSR count). The van der Waals surface area contributed by atoms with Gasteiger partial charge in [0.2, 0.25) is 5.91 Å². The van der Waals surface area contributed by atoms with Crippen molar-refractivity contribution in [2.75, 3.05) is 26.2 Å². The number of aliphatic carboxylic acids is 1. The first-order valence-electron chi connectivity index (χ1n) is 7.32. The molecule has 1 unspecified atom stereocenters. The fourth-order valence-corrected chi connectivity index (χ4v) is 2.40. The number of carbonyl (C=O) groups is 2. The molecule has 1 atom stereocenters. The van der Waals surface area contributed by atoms with Gasteiger partial charge in [-0.2, -0.15) is 0 Å². The third kappa shape index (κ3) is 5.09. The van der Waals surface area contributed by atoms with Crippen molar-refractivity contribution in [3.8, 4) is 0 Å². The zero-order valence-corrected chi connectivity index (χ0v) is 12.7. The van der Waals surface area contributed by atoms with Crippen LogP contribution in [0.4, 0.5) is 0 Å². The number of hydrogen-bond acceptors (Lipinski definition) is 4. The Bertz CT molecular complexity index is 339. The van der Waals surface area contributed by atoms with Crippen molar-refractivity contribution in [1.29, 1.82) is 0 Å². The number of hydrogen-bond donors (Lipinski definition) is 3. The number of nitrogens with one attached hydrogen (secondary N) is 2. The molecule has 0 aromatic carbocycles. The number of piperazine rings is 1. The van der Waals surface area contributed by atoms with Gasteiger partial charge in [0.25, 0.3) is 0 Å². The minimum absolute atomic E-state index is 0.00374. The molecule has 0 spiro atoms. The number of carboxylic acid groups (broad SMARTS) is 1. The average molecular weight is 285 g/mol. The molecular formula is C14H27N3O3. The second-order valence-electron chi connectivity index (χ2n) is 5.96. The summed E-state index contributed by atoms with van der Waals surface area (Å²) >= 11 is 0. The van der Waals surface area contributed by atoms with Gasteiger partial charge in [0, 0.05) is 38.6 Å². The second-order valence-corrected chi connectivity index (χ2v) is 5.96. The highest BCUT2D eigenvalue weighted by molar-refractivity contribution is 5.85. The van der Waals surface area contributed by atoms with E-state index in [4.69, 9.17) is 5.11 Å². The number of nitrogens with zero attached hydrogens (tertiary/aromatic N) is 1. The minimum atomic E-state index is -0.787. The molecular weight excluding hydrogens is 258 g/mol. The zero-order chi connectivity index (χ0) is 15.2. The third-order valence-electron chi connectivity index (χ3n) is 3.87. The van der Waals surface area contributed by atoms with E-state index in [-0.39, 0.29) is 18.4 Å². The predicted molar refractivity (Wildman–Crippen MR) is 77.6 cm³/mol. The van der Waals surface area contributed by atoms with Crippen LogP contribution in [0.1, 0.15) is 40.0 Å². The summed E-state index contributed by atoms with van der Waals surface area (Å²) in [5.74, 6) is -0.771. The largest absolute Gasteiger partial charge is 0.481 e. The van der Waals surface area contributed by atoms with E-state index >= 15 is 0 Å². The maximum atomic E-state index is 12.4. The summed E-state index contributed by atoms with van der Waals surface area (Å²) in [4.78, 5) is 25.0. The van der Waals surface area contributed by atoms with Gasteiger partial charge in [0.15, 0.2) is 0 Å². The van der Waals surface area contributed by atoms with Gasteiger partial charge in [-0.15, -0.1) is 0 Å². The van der Waals surface area contributed by atoms with Crippen molar-refractivity contribution in [2.24, 2.45) is 0 Å². The lowest BCUT2D eigenvalue weighted by Gasteiger charge is -2.40. The van der Waals surface area contributed by atoms with Gasteiger partial charge in [0.1, 0.15) is 0 Å². The molecule has 0 radical (unpaired) electrons. The summed E-state index contributed by atoms with van der Waals surface area (Å²) in [7, 11) is 0. The van der Waals surface area contributed by atoms with E-state index in [0.717, 1.165) is 26.2 Å². The van der Waals surface area contributed by atoms with Gasteiger partial charge in [-0.05, 0) is 33.6 Å². The Morgan fingerprint density at radius 2 is 1.95 bits per heavy atom. The first kappa shape index (κ1) is 16.9. The van der Waals surface area contributed by atoms with E-state index in [1.807, 2.05) is 20.8 Å². The van der Waals surface area contributed by atoms with Crippen LogP contribution in [-0.2, 0) is 9.59 Å². The molecule has 1 amide bonds. The van der Waals surface area contributed by atoms with Crippen LogP contribution in [0, 0.1) is 0 Å². The van der Waals surface area contributed by atoms with E-state index in [0.29, 0.717) is 12.8 Å². The molecule has 6 nitrogen and oxygen atoms in total. The molecule has 1 aliphatic heterocycles. The van der Waals surface area contributed by atoms with Crippen molar-refractivity contribution >= 4 is 11.9 Å². The third-order valence-corrected chi connectivity index (χ3v) is 3.87. The molecule has 3 N–H and O–H groups in total. The molecule has 1 fully saturated rings. The predicted octanol–water partition coefficient (Wildman–Crippen LogP) is 0.430. The SMILES string of the molecule is CC(CCCC(=O)O)NC(=O)C(C)(C)N1CCNCC1. The van der Waals surface area contributed by atoms with Crippen molar-refractivity contribution in [3.63, 3.8) is 0 Å². The van der Waals surface area contributed by atoms with Crippen LogP contribution in [0.3, 0.4) is 0 Å². The smallest absolute Gasteiger partial charge is 0.303 e. The van der Waals surface area contributed by atoms with Gasteiger partial charge >= 0.3 is 5.97 Å². The van der Waals surface area contributed by atoms with Crippen LogP contribution >= 0.6 is 0 Å². The van der Waals surface area contributed by atoms with Crippen molar-refractivity contribution in [2.45, 2.75) is 51.6 Å². The lowest BCUT2D eigenvalue weighted by atomic mass is 9.99. The molecule has 0 aromatic rings. The monoisotopic (exact) mass is 285 g/mol. The minimum Gasteiger partial charge on any atom is -0.481 e. The summed E-state index contributed by atoms with van der Waals surface area (Å²) in [5.41, 5.74) is -0.525. The van der Waals surface area contributed by atoms with Gasteiger partial charge in [-0.25, -0.2) is 0 Å². The van der Waals surface area contributed by atoms with Crippen LogP contribution in [-0.4, -0.2) is 59.6 Å². The highest BCUT2D eigenvalue weighted by Gasteiger charge is 2.35. The highest BCUT2D eigenvalue weighted by Crippen LogP contribution is 2.16. The Kier molecular flexibility index (Phi) is 6.42. The van der Waals surface area contributed by atoms with E-state index in [9.17, 15) is 9.59 Å². The molecule has 1 saturated heterocycles. The first-order chi connectivity index (χ1) is 9.34. The fraction of sp³-hybridized carbons (Fsp3) is 0.857. The Labute approximate surface area is 120 Å². The number of rotatable bonds is 7. The number of carboxylic acids is 1. The Hall–Kier alpha value is -1.14.